The highest BCUT2D eigenvalue weighted by Crippen LogP contribution is 2.38. The molecule has 0 bridgehead atoms. The van der Waals surface area contributed by atoms with Crippen molar-refractivity contribution in [2.45, 2.75) is 13.1 Å². The Morgan fingerprint density at radius 3 is 2.74 bits per heavy atom. The van der Waals surface area contributed by atoms with Gasteiger partial charge in [0.25, 0.3) is 0 Å². The highest BCUT2D eigenvalue weighted by molar-refractivity contribution is 9.10. The van der Waals surface area contributed by atoms with E-state index in [2.05, 4.69) is 21.2 Å². The summed E-state index contributed by atoms with van der Waals surface area (Å²) >= 11 is 3.90. The van der Waals surface area contributed by atoms with Gasteiger partial charge in [-0.2, -0.15) is 13.2 Å². The smallest absolute Gasteiger partial charge is 0.417 e. The van der Waals surface area contributed by atoms with E-state index >= 15 is 0 Å². The Hall–Kier alpha value is -1.48. The van der Waals surface area contributed by atoms with Crippen LogP contribution in [0.25, 0.3) is 0 Å². The molecular weight excluding hydrogens is 399 g/mol. The number of anilines is 1. The first kappa shape index (κ1) is 17.9. The Bertz CT molecular complexity index is 688. The van der Waals surface area contributed by atoms with Crippen LogP contribution in [0.1, 0.15) is 12.5 Å². The second kappa shape index (κ2) is 6.96. The molecule has 0 fully saturated rings. The Morgan fingerprint density at radius 2 is 2.13 bits per heavy atom. The average Bonchev–Trinajstić information content (AvgIpc) is 2.81. The topological polar surface area (TPSA) is 55.4 Å². The number of carbonyl (C=O) groups excluding carboxylic acids is 2. The minimum atomic E-state index is -4.52. The normalized spacial score (nSPS) is 15.1. The number of esters is 1. The number of Topliss-reactive ketones (excluding diaryl/α,β-unsaturated/α-hetero) is 1. The fraction of sp³-hybridized carbons (Fsp3) is 0.286. The van der Waals surface area contributed by atoms with Gasteiger partial charge in [0.1, 0.15) is 5.57 Å². The lowest BCUT2D eigenvalue weighted by molar-refractivity contribution is -0.140. The fourth-order valence-electron chi connectivity index (χ4n) is 1.87. The lowest BCUT2D eigenvalue weighted by atomic mass is 10.2. The molecule has 0 aromatic heterocycles. The van der Waals surface area contributed by atoms with Crippen LogP contribution in [0, 0.1) is 0 Å². The summed E-state index contributed by atoms with van der Waals surface area (Å²) in [4.78, 5) is 23.6. The second-order valence-corrected chi connectivity index (χ2v) is 6.29. The molecule has 0 radical (unpaired) electrons. The molecule has 0 saturated carbocycles. The number of ether oxygens (including phenoxy) is 1. The summed E-state index contributed by atoms with van der Waals surface area (Å²) in [6, 6.07) is 3.57. The Labute approximate surface area is 142 Å². The van der Waals surface area contributed by atoms with Crippen LogP contribution < -0.4 is 5.32 Å². The van der Waals surface area contributed by atoms with Crippen LogP contribution in [-0.4, -0.2) is 24.1 Å². The van der Waals surface area contributed by atoms with E-state index in [1.807, 2.05) is 0 Å². The number of hydrogen-bond donors (Lipinski definition) is 1. The number of thioether (sulfide) groups is 1. The molecule has 1 N–H and O–H groups in total. The Balaban J connectivity index is 2.34. The van der Waals surface area contributed by atoms with Crippen LogP contribution >= 0.6 is 27.7 Å². The number of ketones is 1. The predicted octanol–water partition coefficient (Wildman–Crippen LogP) is 3.97. The van der Waals surface area contributed by atoms with Crippen LogP contribution in [0.15, 0.2) is 33.3 Å². The van der Waals surface area contributed by atoms with Gasteiger partial charge in [-0.25, -0.2) is 4.79 Å². The van der Waals surface area contributed by atoms with Crippen molar-refractivity contribution >= 4 is 45.1 Å². The number of nitrogens with one attached hydrogen (secondary N) is 1. The maximum absolute atomic E-state index is 12.9. The SMILES string of the molecule is CCOC(=O)C1=C(Nc2ccc(Br)c(C(F)(F)F)c2)SCC1=O. The van der Waals surface area contributed by atoms with Gasteiger partial charge in [-0.1, -0.05) is 27.7 Å². The number of hydrogen-bond acceptors (Lipinski definition) is 5. The predicted molar refractivity (Wildman–Crippen MR) is 83.9 cm³/mol. The van der Waals surface area contributed by atoms with Crippen LogP contribution in [0.4, 0.5) is 18.9 Å². The Morgan fingerprint density at radius 1 is 1.43 bits per heavy atom. The van der Waals surface area contributed by atoms with E-state index in [4.69, 9.17) is 4.74 Å². The molecule has 0 saturated heterocycles. The third kappa shape index (κ3) is 4.08. The molecule has 23 heavy (non-hydrogen) atoms. The first-order chi connectivity index (χ1) is 10.7. The van der Waals surface area contributed by atoms with Gasteiger partial charge in [0.2, 0.25) is 0 Å². The van der Waals surface area contributed by atoms with Gasteiger partial charge < -0.3 is 10.1 Å². The van der Waals surface area contributed by atoms with Crippen LogP contribution in [-0.2, 0) is 20.5 Å². The van der Waals surface area contributed by atoms with Gasteiger partial charge in [-0.3, -0.25) is 4.79 Å². The molecule has 0 aliphatic carbocycles. The monoisotopic (exact) mass is 409 g/mol. The minimum Gasteiger partial charge on any atom is -0.462 e. The third-order valence-electron chi connectivity index (χ3n) is 2.86. The number of alkyl halides is 3. The number of benzene rings is 1. The van der Waals surface area contributed by atoms with Gasteiger partial charge in [-0.15, -0.1) is 0 Å². The summed E-state index contributed by atoms with van der Waals surface area (Å²) in [5, 5.41) is 2.90. The van der Waals surface area contributed by atoms with Crippen LogP contribution in [0.3, 0.4) is 0 Å². The molecule has 1 heterocycles. The van der Waals surface area contributed by atoms with E-state index in [-0.39, 0.29) is 33.1 Å². The molecule has 0 amide bonds. The van der Waals surface area contributed by atoms with Gasteiger partial charge in [0.05, 0.1) is 23.0 Å². The maximum Gasteiger partial charge on any atom is 0.417 e. The summed E-state index contributed by atoms with van der Waals surface area (Å²) in [5.41, 5.74) is -0.886. The van der Waals surface area contributed by atoms with E-state index in [1.165, 1.54) is 12.1 Å². The number of halogens is 4. The number of rotatable bonds is 4. The van der Waals surface area contributed by atoms with Crippen molar-refractivity contribution in [3.63, 3.8) is 0 Å². The molecule has 0 unspecified atom stereocenters. The van der Waals surface area contributed by atoms with Crippen molar-refractivity contribution in [1.29, 1.82) is 0 Å². The lowest BCUT2D eigenvalue weighted by Crippen LogP contribution is -2.16. The van der Waals surface area contributed by atoms with E-state index in [0.29, 0.717) is 0 Å². The van der Waals surface area contributed by atoms with E-state index < -0.39 is 23.5 Å². The van der Waals surface area contributed by atoms with Crippen molar-refractivity contribution in [2.24, 2.45) is 0 Å². The van der Waals surface area contributed by atoms with Crippen molar-refractivity contribution in [1.82, 2.24) is 0 Å². The van der Waals surface area contributed by atoms with Gasteiger partial charge in [0.15, 0.2) is 5.78 Å². The third-order valence-corrected chi connectivity index (χ3v) is 4.56. The summed E-state index contributed by atoms with van der Waals surface area (Å²) in [6.07, 6.45) is -4.52. The van der Waals surface area contributed by atoms with Crippen LogP contribution in [0.5, 0.6) is 0 Å². The standard InChI is InChI=1S/C14H11BrF3NO3S/c1-2-22-13(21)11-10(20)6-23-12(11)19-7-3-4-9(15)8(5-7)14(16,17)18/h3-5,19H,2,6H2,1H3. The molecule has 1 aromatic carbocycles. The van der Waals surface area contributed by atoms with E-state index in [0.717, 1.165) is 17.8 Å². The van der Waals surface area contributed by atoms with Gasteiger partial charge >= 0.3 is 12.1 Å². The summed E-state index contributed by atoms with van der Waals surface area (Å²) in [5.74, 6) is -1.15. The molecule has 0 spiro atoms. The van der Waals surface area contributed by atoms with Crippen molar-refractivity contribution in [3.05, 3.63) is 38.8 Å². The highest BCUT2D eigenvalue weighted by Gasteiger charge is 2.34. The molecule has 124 valence electrons. The first-order valence-corrected chi connectivity index (χ1v) is 8.23. The zero-order chi connectivity index (χ0) is 17.2. The molecule has 0 atom stereocenters. The zero-order valence-corrected chi connectivity index (χ0v) is 14.2. The fourth-order valence-corrected chi connectivity index (χ4v) is 3.29. The molecular formula is C14H11BrF3NO3S. The zero-order valence-electron chi connectivity index (χ0n) is 11.8. The van der Waals surface area contributed by atoms with Crippen molar-refractivity contribution < 1.29 is 27.5 Å². The second-order valence-electron chi connectivity index (χ2n) is 4.45. The van der Waals surface area contributed by atoms with Crippen molar-refractivity contribution in [2.75, 3.05) is 17.7 Å². The molecule has 1 aromatic rings. The molecule has 1 aliphatic heterocycles. The summed E-state index contributed by atoms with van der Waals surface area (Å²) in [7, 11) is 0. The van der Waals surface area contributed by atoms with E-state index in [9.17, 15) is 22.8 Å². The van der Waals surface area contributed by atoms with Gasteiger partial charge in [0, 0.05) is 10.2 Å². The Kier molecular flexibility index (Phi) is 5.41. The maximum atomic E-state index is 12.9. The molecule has 1 aliphatic rings. The average molecular weight is 410 g/mol. The van der Waals surface area contributed by atoms with Crippen molar-refractivity contribution in [3.8, 4) is 0 Å². The number of carbonyl (C=O) groups is 2. The summed E-state index contributed by atoms with van der Waals surface area (Å²) < 4.78 is 43.4. The van der Waals surface area contributed by atoms with Crippen LogP contribution in [0.2, 0.25) is 0 Å². The molecule has 4 nitrogen and oxygen atoms in total. The van der Waals surface area contributed by atoms with Gasteiger partial charge in [-0.05, 0) is 25.1 Å². The molecule has 9 heteroatoms. The largest absolute Gasteiger partial charge is 0.462 e. The quantitative estimate of drug-likeness (QED) is 0.602. The minimum absolute atomic E-state index is 0.0408. The lowest BCUT2D eigenvalue weighted by Gasteiger charge is -2.13. The summed E-state index contributed by atoms with van der Waals surface area (Å²) in [6.45, 7) is 1.70. The molecule has 2 rings (SSSR count). The first-order valence-electron chi connectivity index (χ1n) is 6.45. The van der Waals surface area contributed by atoms with E-state index in [1.54, 1.807) is 6.92 Å². The highest BCUT2D eigenvalue weighted by atomic mass is 79.9.